The second kappa shape index (κ2) is 4.57. The Kier molecular flexibility index (Phi) is 3.40. The molecule has 0 aromatic rings. The smallest absolute Gasteiger partial charge is 0.141 e. The Morgan fingerprint density at radius 2 is 2.23 bits per heavy atom. The third kappa shape index (κ3) is 2.52. The number of aliphatic hydroxyl groups is 2. The second-order valence-corrected chi connectivity index (χ2v) is 2.51. The molecule has 0 aliphatic carbocycles. The molecule has 0 aromatic carbocycles. The molecule has 2 atom stereocenters. The summed E-state index contributed by atoms with van der Waals surface area (Å²) in [7, 11) is 0. The van der Waals surface area contributed by atoms with Gasteiger partial charge < -0.3 is 14.9 Å². The Balaban J connectivity index is 2.62. The summed E-state index contributed by atoms with van der Waals surface area (Å²) < 4.78 is 4.97. The summed E-state index contributed by atoms with van der Waals surface area (Å²) in [5.74, 6) is 10.6. The molecular weight excluding hydrogens is 168 g/mol. The van der Waals surface area contributed by atoms with Crippen molar-refractivity contribution < 1.29 is 14.9 Å². The van der Waals surface area contributed by atoms with Crippen molar-refractivity contribution in [2.24, 2.45) is 0 Å². The molecule has 2 unspecified atom stereocenters. The van der Waals surface area contributed by atoms with Crippen molar-refractivity contribution in [2.75, 3.05) is 6.61 Å². The highest BCUT2D eigenvalue weighted by Crippen LogP contribution is 2.16. The minimum atomic E-state index is -0.955. The van der Waals surface area contributed by atoms with E-state index in [1.807, 2.05) is 0 Å². The maximum Gasteiger partial charge on any atom is 0.141 e. The Morgan fingerprint density at radius 3 is 2.77 bits per heavy atom. The lowest BCUT2D eigenvalue weighted by Crippen LogP contribution is -2.21. The Morgan fingerprint density at radius 1 is 1.46 bits per heavy atom. The molecule has 68 valence electrons. The van der Waals surface area contributed by atoms with Crippen molar-refractivity contribution in [3.8, 4) is 23.7 Å². The highest BCUT2D eigenvalue weighted by atomic mass is 16.5. The minimum absolute atomic E-state index is 0.119. The fourth-order valence-electron chi connectivity index (χ4n) is 0.881. The van der Waals surface area contributed by atoms with Crippen molar-refractivity contribution in [3.05, 3.63) is 11.8 Å². The predicted octanol–water partition coefficient (Wildman–Crippen LogP) is -0.351. The molecule has 13 heavy (non-hydrogen) atoms. The van der Waals surface area contributed by atoms with Crippen molar-refractivity contribution in [2.45, 2.75) is 19.1 Å². The van der Waals surface area contributed by atoms with Gasteiger partial charge in [0.15, 0.2) is 0 Å². The molecule has 2 N–H and O–H groups in total. The van der Waals surface area contributed by atoms with Crippen LogP contribution in [0.4, 0.5) is 0 Å². The van der Waals surface area contributed by atoms with Gasteiger partial charge in [0.25, 0.3) is 0 Å². The van der Waals surface area contributed by atoms with Crippen molar-refractivity contribution in [3.63, 3.8) is 0 Å². The molecule has 1 aliphatic heterocycles. The van der Waals surface area contributed by atoms with E-state index in [1.54, 1.807) is 6.92 Å². The Bertz CT molecular complexity index is 322. The molecule has 3 heteroatoms. The third-order valence-electron chi connectivity index (χ3n) is 1.55. The van der Waals surface area contributed by atoms with Crippen LogP contribution in [0.5, 0.6) is 0 Å². The van der Waals surface area contributed by atoms with Crippen LogP contribution in [-0.2, 0) is 4.74 Å². The van der Waals surface area contributed by atoms with Gasteiger partial charge in [-0.15, -0.1) is 0 Å². The first-order chi connectivity index (χ1) is 6.25. The molecule has 0 saturated carbocycles. The van der Waals surface area contributed by atoms with E-state index < -0.39 is 12.2 Å². The van der Waals surface area contributed by atoms with E-state index in [-0.39, 0.29) is 6.61 Å². The molecule has 0 spiro atoms. The first kappa shape index (κ1) is 9.67. The topological polar surface area (TPSA) is 49.7 Å². The highest BCUT2D eigenvalue weighted by molar-refractivity contribution is 5.32. The molecule has 0 amide bonds. The standard InChI is InChI=1S/C10H10O3/c1-2-3-4-5-6-9-10(12)8(11)7-13-9/h6,8,10-12H,7H2,1H3/b9-6+. The molecule has 0 bridgehead atoms. The fourth-order valence-corrected chi connectivity index (χ4v) is 0.881. The largest absolute Gasteiger partial charge is 0.492 e. The number of aliphatic hydroxyl groups excluding tert-OH is 2. The fraction of sp³-hybridized carbons (Fsp3) is 0.400. The van der Waals surface area contributed by atoms with Crippen molar-refractivity contribution in [1.29, 1.82) is 0 Å². The lowest BCUT2D eigenvalue weighted by atomic mass is 10.2. The van der Waals surface area contributed by atoms with Crippen LogP contribution < -0.4 is 0 Å². The number of allylic oxidation sites excluding steroid dienone is 1. The summed E-state index contributed by atoms with van der Waals surface area (Å²) >= 11 is 0. The van der Waals surface area contributed by atoms with Gasteiger partial charge in [0.05, 0.1) is 0 Å². The first-order valence-corrected chi connectivity index (χ1v) is 3.87. The van der Waals surface area contributed by atoms with Gasteiger partial charge in [-0.2, -0.15) is 0 Å². The summed E-state index contributed by atoms with van der Waals surface area (Å²) in [5.41, 5.74) is 0. The quantitative estimate of drug-likeness (QED) is 0.498. The molecule has 1 heterocycles. The van der Waals surface area contributed by atoms with Crippen LogP contribution in [0.15, 0.2) is 11.8 Å². The van der Waals surface area contributed by atoms with E-state index in [9.17, 15) is 5.11 Å². The van der Waals surface area contributed by atoms with Crippen LogP contribution in [0.1, 0.15) is 6.92 Å². The van der Waals surface area contributed by atoms with Crippen molar-refractivity contribution >= 4 is 0 Å². The summed E-state index contributed by atoms with van der Waals surface area (Å²) in [6.07, 6.45) is -0.375. The van der Waals surface area contributed by atoms with Gasteiger partial charge in [-0.3, -0.25) is 0 Å². The molecule has 1 rings (SSSR count). The van der Waals surface area contributed by atoms with E-state index in [0.29, 0.717) is 5.76 Å². The lowest BCUT2D eigenvalue weighted by molar-refractivity contribution is 0.0641. The zero-order valence-electron chi connectivity index (χ0n) is 7.24. The van der Waals surface area contributed by atoms with E-state index in [4.69, 9.17) is 9.84 Å². The van der Waals surface area contributed by atoms with Crippen LogP contribution in [0.3, 0.4) is 0 Å². The van der Waals surface area contributed by atoms with Gasteiger partial charge in [0.2, 0.25) is 0 Å². The maximum atomic E-state index is 9.27. The third-order valence-corrected chi connectivity index (χ3v) is 1.55. The summed E-state index contributed by atoms with van der Waals surface area (Å²) in [5, 5.41) is 18.3. The summed E-state index contributed by atoms with van der Waals surface area (Å²) in [6, 6.07) is 0. The van der Waals surface area contributed by atoms with Gasteiger partial charge in [-0.05, 0) is 18.8 Å². The van der Waals surface area contributed by atoms with E-state index >= 15 is 0 Å². The highest BCUT2D eigenvalue weighted by Gasteiger charge is 2.29. The minimum Gasteiger partial charge on any atom is -0.492 e. The predicted molar refractivity (Wildman–Crippen MR) is 47.3 cm³/mol. The molecule has 0 aromatic heterocycles. The Labute approximate surface area is 77.0 Å². The molecular formula is C10H10O3. The van der Waals surface area contributed by atoms with Gasteiger partial charge in [0.1, 0.15) is 24.6 Å². The molecule has 1 saturated heterocycles. The van der Waals surface area contributed by atoms with Crippen LogP contribution in [-0.4, -0.2) is 29.0 Å². The molecule has 1 fully saturated rings. The van der Waals surface area contributed by atoms with Crippen LogP contribution in [0.2, 0.25) is 0 Å². The van der Waals surface area contributed by atoms with Crippen LogP contribution in [0.25, 0.3) is 0 Å². The Hall–Kier alpha value is -1.42. The van der Waals surface area contributed by atoms with Gasteiger partial charge in [0, 0.05) is 6.08 Å². The monoisotopic (exact) mass is 178 g/mol. The molecule has 3 nitrogen and oxygen atoms in total. The lowest BCUT2D eigenvalue weighted by Gasteiger charge is -2.01. The van der Waals surface area contributed by atoms with E-state index in [0.717, 1.165) is 0 Å². The number of hydrogen-bond acceptors (Lipinski definition) is 3. The number of rotatable bonds is 0. The molecule has 0 radical (unpaired) electrons. The zero-order valence-corrected chi connectivity index (χ0v) is 7.24. The second-order valence-electron chi connectivity index (χ2n) is 2.51. The SMILES string of the molecule is CC#CC#C/C=C1/OCC(O)C1O. The van der Waals surface area contributed by atoms with E-state index in [1.165, 1.54) is 6.08 Å². The van der Waals surface area contributed by atoms with Gasteiger partial charge in [-0.1, -0.05) is 11.8 Å². The summed E-state index contributed by atoms with van der Waals surface area (Å²) in [4.78, 5) is 0. The molecule has 1 aliphatic rings. The maximum absolute atomic E-state index is 9.27. The zero-order chi connectivity index (χ0) is 9.68. The first-order valence-electron chi connectivity index (χ1n) is 3.87. The van der Waals surface area contributed by atoms with Gasteiger partial charge in [-0.25, -0.2) is 0 Å². The van der Waals surface area contributed by atoms with E-state index in [2.05, 4.69) is 23.7 Å². The normalized spacial score (nSPS) is 28.4. The average Bonchev–Trinajstić information content (AvgIpc) is 2.43. The number of hydrogen-bond donors (Lipinski definition) is 2. The summed E-state index contributed by atoms with van der Waals surface area (Å²) in [6.45, 7) is 1.81. The average molecular weight is 178 g/mol. The van der Waals surface area contributed by atoms with Gasteiger partial charge >= 0.3 is 0 Å². The van der Waals surface area contributed by atoms with Crippen LogP contribution >= 0.6 is 0 Å². The van der Waals surface area contributed by atoms with Crippen LogP contribution in [0, 0.1) is 23.7 Å². The number of ether oxygens (including phenoxy) is 1. The van der Waals surface area contributed by atoms with Crippen molar-refractivity contribution in [1.82, 2.24) is 0 Å².